The predicted octanol–water partition coefficient (Wildman–Crippen LogP) is -1.40. The van der Waals surface area contributed by atoms with Crippen LogP contribution in [0.5, 0.6) is 0 Å². The van der Waals surface area contributed by atoms with Crippen LogP contribution >= 0.6 is 0 Å². The number of aryl methyl sites for hydroxylation is 1. The fourth-order valence-electron chi connectivity index (χ4n) is 1.16. The average molecular weight is 210 g/mol. The van der Waals surface area contributed by atoms with Crippen LogP contribution in [0, 0.1) is 6.92 Å². The number of carbonyl (C=O) groups excluding carboxylic acids is 1. The first kappa shape index (κ1) is 11.0. The molecule has 0 aliphatic carbocycles. The van der Waals surface area contributed by atoms with Gasteiger partial charge in [0, 0.05) is 5.69 Å². The molecular formula is C9H8NO5-. The molecule has 1 aromatic heterocycles. The van der Waals surface area contributed by atoms with Gasteiger partial charge in [-0.3, -0.25) is 4.79 Å². The fourth-order valence-corrected chi connectivity index (χ4v) is 1.16. The van der Waals surface area contributed by atoms with E-state index in [1.165, 1.54) is 13.0 Å². The van der Waals surface area contributed by atoms with Crippen LogP contribution in [0.4, 0.5) is 0 Å². The summed E-state index contributed by atoms with van der Waals surface area (Å²) in [6.45, 7) is 0.863. The summed E-state index contributed by atoms with van der Waals surface area (Å²) in [5, 5.41) is 19.0. The van der Waals surface area contributed by atoms with E-state index in [0.717, 1.165) is 10.6 Å². The Morgan fingerprint density at radius 1 is 1.47 bits per heavy atom. The molecule has 6 heteroatoms. The van der Waals surface area contributed by atoms with Crippen molar-refractivity contribution in [2.75, 3.05) is 0 Å². The quantitative estimate of drug-likeness (QED) is 0.661. The van der Waals surface area contributed by atoms with E-state index in [9.17, 15) is 19.5 Å². The molecule has 0 saturated heterocycles. The smallest absolute Gasteiger partial charge is 0.341 e. The standard InChI is InChI=1S/C9H9NO5/c1-5-2-3-6(9(14)15)8(13)10(5)4-7(11)12/h2-3H,4H2,1H3,(H,11,12)(H,14,15)/p-1. The van der Waals surface area contributed by atoms with Gasteiger partial charge in [0.1, 0.15) is 5.56 Å². The van der Waals surface area contributed by atoms with Gasteiger partial charge in [0.2, 0.25) is 0 Å². The summed E-state index contributed by atoms with van der Waals surface area (Å²) in [6.07, 6.45) is 0. The molecule has 0 aromatic carbocycles. The maximum Gasteiger partial charge on any atom is 0.341 e. The summed E-state index contributed by atoms with van der Waals surface area (Å²) in [4.78, 5) is 32.4. The van der Waals surface area contributed by atoms with Gasteiger partial charge < -0.3 is 19.6 Å². The summed E-state index contributed by atoms with van der Waals surface area (Å²) < 4.78 is 0.846. The van der Waals surface area contributed by atoms with Gasteiger partial charge >= 0.3 is 5.97 Å². The van der Waals surface area contributed by atoms with Crippen LogP contribution in [0.1, 0.15) is 16.1 Å². The van der Waals surface area contributed by atoms with Gasteiger partial charge in [-0.25, -0.2) is 4.79 Å². The van der Waals surface area contributed by atoms with Crippen LogP contribution in [0.25, 0.3) is 0 Å². The maximum atomic E-state index is 11.5. The van der Waals surface area contributed by atoms with Gasteiger partial charge in [-0.1, -0.05) is 0 Å². The summed E-state index contributed by atoms with van der Waals surface area (Å²) in [7, 11) is 0. The van der Waals surface area contributed by atoms with E-state index < -0.39 is 29.6 Å². The summed E-state index contributed by atoms with van der Waals surface area (Å²) in [5.74, 6) is -2.82. The number of carboxylic acids is 2. The lowest BCUT2D eigenvalue weighted by Gasteiger charge is -2.10. The molecule has 1 heterocycles. The van der Waals surface area contributed by atoms with Crippen molar-refractivity contribution < 1.29 is 19.8 Å². The number of hydrogen-bond acceptors (Lipinski definition) is 4. The highest BCUT2D eigenvalue weighted by Gasteiger charge is 2.11. The Labute approximate surface area is 84.4 Å². The van der Waals surface area contributed by atoms with Crippen LogP contribution in [-0.2, 0) is 11.3 Å². The molecule has 0 amide bonds. The summed E-state index contributed by atoms with van der Waals surface area (Å²) in [6, 6.07) is 2.51. The van der Waals surface area contributed by atoms with Gasteiger partial charge in [0.05, 0.1) is 12.5 Å². The molecule has 0 unspecified atom stereocenters. The Morgan fingerprint density at radius 2 is 2.07 bits per heavy atom. The molecule has 6 nitrogen and oxygen atoms in total. The maximum absolute atomic E-state index is 11.5. The Bertz CT molecular complexity index is 474. The molecule has 0 saturated carbocycles. The van der Waals surface area contributed by atoms with Crippen molar-refractivity contribution in [3.63, 3.8) is 0 Å². The lowest BCUT2D eigenvalue weighted by Crippen LogP contribution is -2.35. The Hall–Kier alpha value is -2.11. The van der Waals surface area contributed by atoms with Gasteiger partial charge in [0.15, 0.2) is 0 Å². The molecule has 0 aliphatic rings. The number of rotatable bonds is 3. The van der Waals surface area contributed by atoms with Gasteiger partial charge in [-0.2, -0.15) is 0 Å². The minimum atomic E-state index is -1.44. The van der Waals surface area contributed by atoms with E-state index >= 15 is 0 Å². The Balaban J connectivity index is 3.37. The van der Waals surface area contributed by atoms with Crippen LogP contribution in [0.3, 0.4) is 0 Å². The van der Waals surface area contributed by atoms with Crippen molar-refractivity contribution in [1.82, 2.24) is 4.57 Å². The third-order valence-electron chi connectivity index (χ3n) is 1.91. The zero-order valence-electron chi connectivity index (χ0n) is 7.89. The average Bonchev–Trinajstić information content (AvgIpc) is 2.11. The van der Waals surface area contributed by atoms with Gasteiger partial charge in [-0.15, -0.1) is 0 Å². The number of hydrogen-bond donors (Lipinski definition) is 1. The lowest BCUT2D eigenvalue weighted by atomic mass is 10.2. The van der Waals surface area contributed by atoms with Crippen molar-refractivity contribution >= 4 is 11.9 Å². The molecular weight excluding hydrogens is 202 g/mol. The molecule has 0 fully saturated rings. The number of pyridine rings is 1. The fraction of sp³-hybridized carbons (Fsp3) is 0.222. The molecule has 1 rings (SSSR count). The number of aromatic nitrogens is 1. The predicted molar refractivity (Wildman–Crippen MR) is 47.4 cm³/mol. The third-order valence-corrected chi connectivity index (χ3v) is 1.91. The first-order valence-electron chi connectivity index (χ1n) is 4.07. The monoisotopic (exact) mass is 210 g/mol. The molecule has 0 bridgehead atoms. The highest BCUT2D eigenvalue weighted by Crippen LogP contribution is 1.98. The summed E-state index contributed by atoms with van der Waals surface area (Å²) in [5.41, 5.74) is -0.928. The molecule has 1 N–H and O–H groups in total. The number of nitrogens with zero attached hydrogens (tertiary/aromatic N) is 1. The second-order valence-electron chi connectivity index (χ2n) is 2.96. The van der Waals surface area contributed by atoms with E-state index in [1.807, 2.05) is 0 Å². The zero-order chi connectivity index (χ0) is 11.6. The highest BCUT2D eigenvalue weighted by atomic mass is 16.4. The minimum absolute atomic E-state index is 0.370. The van der Waals surface area contributed by atoms with Crippen molar-refractivity contribution in [1.29, 1.82) is 0 Å². The Kier molecular flexibility index (Phi) is 2.89. The van der Waals surface area contributed by atoms with E-state index in [1.54, 1.807) is 0 Å². The molecule has 0 atom stereocenters. The Morgan fingerprint density at radius 3 is 2.53 bits per heavy atom. The van der Waals surface area contributed by atoms with E-state index in [0.29, 0.717) is 5.69 Å². The van der Waals surface area contributed by atoms with Gasteiger partial charge in [0.25, 0.3) is 5.56 Å². The van der Waals surface area contributed by atoms with E-state index in [2.05, 4.69) is 0 Å². The van der Waals surface area contributed by atoms with E-state index in [4.69, 9.17) is 5.11 Å². The minimum Gasteiger partial charge on any atom is -0.548 e. The third kappa shape index (κ3) is 2.22. The second kappa shape index (κ2) is 3.95. The first-order valence-corrected chi connectivity index (χ1v) is 4.07. The zero-order valence-corrected chi connectivity index (χ0v) is 7.89. The SMILES string of the molecule is Cc1ccc(C(=O)O)c(=O)n1CC(=O)[O-]. The van der Waals surface area contributed by atoms with E-state index in [-0.39, 0.29) is 0 Å². The lowest BCUT2D eigenvalue weighted by molar-refractivity contribution is -0.306. The molecule has 1 aromatic rings. The van der Waals surface area contributed by atoms with Crippen molar-refractivity contribution in [2.24, 2.45) is 0 Å². The van der Waals surface area contributed by atoms with Crippen LogP contribution in [0.15, 0.2) is 16.9 Å². The summed E-state index contributed by atoms with van der Waals surface area (Å²) >= 11 is 0. The van der Waals surface area contributed by atoms with Crippen molar-refractivity contribution in [3.8, 4) is 0 Å². The molecule has 80 valence electrons. The van der Waals surface area contributed by atoms with Crippen LogP contribution < -0.4 is 10.7 Å². The number of aliphatic carboxylic acids is 1. The normalized spacial score (nSPS) is 9.93. The van der Waals surface area contributed by atoms with Crippen LogP contribution in [-0.4, -0.2) is 21.6 Å². The largest absolute Gasteiger partial charge is 0.548 e. The molecule has 0 aliphatic heterocycles. The second-order valence-corrected chi connectivity index (χ2v) is 2.96. The number of carbonyl (C=O) groups is 2. The number of aromatic carboxylic acids is 1. The van der Waals surface area contributed by atoms with Crippen molar-refractivity contribution in [2.45, 2.75) is 13.5 Å². The van der Waals surface area contributed by atoms with Gasteiger partial charge in [-0.05, 0) is 19.1 Å². The highest BCUT2D eigenvalue weighted by molar-refractivity contribution is 5.87. The first-order chi connectivity index (χ1) is 6.93. The van der Waals surface area contributed by atoms with Crippen LogP contribution in [0.2, 0.25) is 0 Å². The number of carboxylic acid groups (broad SMARTS) is 2. The van der Waals surface area contributed by atoms with Crippen molar-refractivity contribution in [3.05, 3.63) is 33.7 Å². The molecule has 15 heavy (non-hydrogen) atoms. The molecule has 0 spiro atoms. The molecule has 0 radical (unpaired) electrons. The topological polar surface area (TPSA) is 99.4 Å².